The second kappa shape index (κ2) is 10.5. The standard InChI is InChI=1S/C24H30N2O2S/c1-3-16-26(23(27)19(2)29-22-12-8-5-9-13-22)21-14-17-25(18-15-21)24(28)20-10-6-4-7-11-20/h4-13,19,21H,3,14-18H2,1-2H3. The minimum absolute atomic E-state index is 0.0884. The van der Waals surface area contributed by atoms with Crippen LogP contribution in [0.4, 0.5) is 0 Å². The van der Waals surface area contributed by atoms with E-state index in [-0.39, 0.29) is 23.1 Å². The number of likely N-dealkylation sites (tertiary alicyclic amines) is 1. The van der Waals surface area contributed by atoms with Crippen molar-refractivity contribution in [2.45, 2.75) is 49.3 Å². The van der Waals surface area contributed by atoms with Gasteiger partial charge in [0.1, 0.15) is 0 Å². The van der Waals surface area contributed by atoms with Crippen molar-refractivity contribution in [3.63, 3.8) is 0 Å². The SMILES string of the molecule is CCCN(C(=O)C(C)Sc1ccccc1)C1CCN(C(=O)c2ccccc2)CC1. The Labute approximate surface area is 178 Å². The predicted molar refractivity (Wildman–Crippen MR) is 119 cm³/mol. The van der Waals surface area contributed by atoms with Gasteiger partial charge in [-0.25, -0.2) is 0 Å². The molecule has 1 saturated heterocycles. The molecule has 2 amide bonds. The number of rotatable bonds is 7. The van der Waals surface area contributed by atoms with E-state index in [2.05, 4.69) is 11.8 Å². The average molecular weight is 411 g/mol. The Balaban J connectivity index is 1.60. The van der Waals surface area contributed by atoms with Crippen LogP contribution in [0.5, 0.6) is 0 Å². The molecule has 1 fully saturated rings. The highest BCUT2D eigenvalue weighted by molar-refractivity contribution is 8.00. The minimum Gasteiger partial charge on any atom is -0.339 e. The molecule has 1 heterocycles. The van der Waals surface area contributed by atoms with E-state index >= 15 is 0 Å². The van der Waals surface area contributed by atoms with Gasteiger partial charge in [-0.05, 0) is 50.5 Å². The third kappa shape index (κ3) is 5.63. The maximum atomic E-state index is 13.2. The highest BCUT2D eigenvalue weighted by Crippen LogP contribution is 2.27. The molecule has 1 aliphatic rings. The molecule has 0 radical (unpaired) electrons. The van der Waals surface area contributed by atoms with E-state index in [4.69, 9.17) is 0 Å². The Morgan fingerprint density at radius 1 is 1.03 bits per heavy atom. The molecule has 0 bridgehead atoms. The quantitative estimate of drug-likeness (QED) is 0.621. The number of hydrogen-bond acceptors (Lipinski definition) is 3. The van der Waals surface area contributed by atoms with E-state index in [0.29, 0.717) is 13.1 Å². The number of amides is 2. The third-order valence-corrected chi connectivity index (χ3v) is 6.46. The van der Waals surface area contributed by atoms with Crippen LogP contribution in [0.2, 0.25) is 0 Å². The van der Waals surface area contributed by atoms with E-state index in [0.717, 1.165) is 36.3 Å². The van der Waals surface area contributed by atoms with E-state index in [9.17, 15) is 9.59 Å². The number of nitrogens with zero attached hydrogens (tertiary/aromatic N) is 2. The van der Waals surface area contributed by atoms with Crippen LogP contribution in [-0.4, -0.2) is 52.5 Å². The number of thioether (sulfide) groups is 1. The molecule has 0 spiro atoms. The molecule has 2 aromatic carbocycles. The number of carbonyl (C=O) groups is 2. The normalized spacial score (nSPS) is 15.7. The summed E-state index contributed by atoms with van der Waals surface area (Å²) in [7, 11) is 0. The van der Waals surface area contributed by atoms with Crippen LogP contribution < -0.4 is 0 Å². The molecule has 3 rings (SSSR count). The smallest absolute Gasteiger partial charge is 0.253 e. The van der Waals surface area contributed by atoms with Gasteiger partial charge >= 0.3 is 0 Å². The summed E-state index contributed by atoms with van der Waals surface area (Å²) in [5.41, 5.74) is 0.736. The van der Waals surface area contributed by atoms with E-state index in [1.807, 2.05) is 72.5 Å². The topological polar surface area (TPSA) is 40.6 Å². The van der Waals surface area contributed by atoms with Crippen LogP contribution in [0.25, 0.3) is 0 Å². The highest BCUT2D eigenvalue weighted by Gasteiger charge is 2.31. The van der Waals surface area contributed by atoms with Crippen molar-refractivity contribution in [2.75, 3.05) is 19.6 Å². The van der Waals surface area contributed by atoms with Crippen LogP contribution in [0.15, 0.2) is 65.6 Å². The van der Waals surface area contributed by atoms with E-state index < -0.39 is 0 Å². The summed E-state index contributed by atoms with van der Waals surface area (Å²) >= 11 is 1.62. The molecule has 5 heteroatoms. The Morgan fingerprint density at radius 2 is 1.62 bits per heavy atom. The Hall–Kier alpha value is -2.27. The molecule has 1 atom stereocenters. The molecule has 4 nitrogen and oxygen atoms in total. The van der Waals surface area contributed by atoms with Gasteiger partial charge in [-0.3, -0.25) is 9.59 Å². The largest absolute Gasteiger partial charge is 0.339 e. The average Bonchev–Trinajstić information content (AvgIpc) is 2.78. The van der Waals surface area contributed by atoms with Crippen LogP contribution in [0.3, 0.4) is 0 Å². The maximum absolute atomic E-state index is 13.2. The predicted octanol–water partition coefficient (Wildman–Crippen LogP) is 4.71. The number of carbonyl (C=O) groups excluding carboxylic acids is 2. The summed E-state index contributed by atoms with van der Waals surface area (Å²) in [6, 6.07) is 19.7. The van der Waals surface area contributed by atoms with E-state index in [1.165, 1.54) is 0 Å². The lowest BCUT2D eigenvalue weighted by atomic mass is 10.0. The number of piperidine rings is 1. The first kappa shape index (κ1) is 21.4. The minimum atomic E-state index is -0.118. The van der Waals surface area contributed by atoms with Crippen molar-refractivity contribution in [2.24, 2.45) is 0 Å². The van der Waals surface area contributed by atoms with Gasteiger partial charge < -0.3 is 9.80 Å². The fourth-order valence-corrected chi connectivity index (χ4v) is 4.80. The molecule has 0 aromatic heterocycles. The van der Waals surface area contributed by atoms with Crippen molar-refractivity contribution in [3.8, 4) is 0 Å². The zero-order valence-corrected chi connectivity index (χ0v) is 18.1. The molecule has 0 N–H and O–H groups in total. The maximum Gasteiger partial charge on any atom is 0.253 e. The second-order valence-corrected chi connectivity index (χ2v) is 8.91. The lowest BCUT2D eigenvalue weighted by Gasteiger charge is -2.39. The van der Waals surface area contributed by atoms with Crippen molar-refractivity contribution in [1.29, 1.82) is 0 Å². The first-order valence-electron chi connectivity index (χ1n) is 10.5. The van der Waals surface area contributed by atoms with Gasteiger partial charge in [0.15, 0.2) is 0 Å². The van der Waals surface area contributed by atoms with Crippen LogP contribution >= 0.6 is 11.8 Å². The zero-order valence-electron chi connectivity index (χ0n) is 17.3. The second-order valence-electron chi connectivity index (χ2n) is 7.49. The van der Waals surface area contributed by atoms with Gasteiger partial charge in [-0.1, -0.05) is 43.3 Å². The summed E-state index contributed by atoms with van der Waals surface area (Å²) in [5, 5.41) is -0.118. The molecule has 29 heavy (non-hydrogen) atoms. The van der Waals surface area contributed by atoms with E-state index in [1.54, 1.807) is 11.8 Å². The zero-order chi connectivity index (χ0) is 20.6. The fourth-order valence-electron chi connectivity index (χ4n) is 3.84. The van der Waals surface area contributed by atoms with Crippen molar-refractivity contribution in [1.82, 2.24) is 9.80 Å². The van der Waals surface area contributed by atoms with Crippen LogP contribution in [-0.2, 0) is 4.79 Å². The Morgan fingerprint density at radius 3 is 2.21 bits per heavy atom. The van der Waals surface area contributed by atoms with Gasteiger partial charge in [0.2, 0.25) is 5.91 Å². The van der Waals surface area contributed by atoms with Gasteiger partial charge in [0, 0.05) is 36.1 Å². The van der Waals surface area contributed by atoms with Crippen molar-refractivity contribution in [3.05, 3.63) is 66.2 Å². The Bertz CT molecular complexity index is 789. The summed E-state index contributed by atoms with van der Waals surface area (Å²) in [6.45, 7) is 6.29. The Kier molecular flexibility index (Phi) is 7.76. The summed E-state index contributed by atoms with van der Waals surface area (Å²) in [4.78, 5) is 31.0. The van der Waals surface area contributed by atoms with Gasteiger partial charge in [0.05, 0.1) is 5.25 Å². The lowest BCUT2D eigenvalue weighted by Crippen LogP contribution is -2.50. The molecular formula is C24H30N2O2S. The van der Waals surface area contributed by atoms with Gasteiger partial charge in [-0.15, -0.1) is 11.8 Å². The lowest BCUT2D eigenvalue weighted by molar-refractivity contribution is -0.133. The van der Waals surface area contributed by atoms with Crippen molar-refractivity contribution >= 4 is 23.6 Å². The molecule has 1 aliphatic heterocycles. The van der Waals surface area contributed by atoms with Crippen LogP contribution in [0.1, 0.15) is 43.5 Å². The number of hydrogen-bond donors (Lipinski definition) is 0. The van der Waals surface area contributed by atoms with Gasteiger partial charge in [0.25, 0.3) is 5.91 Å². The monoisotopic (exact) mass is 410 g/mol. The molecule has 154 valence electrons. The first-order chi connectivity index (χ1) is 14.1. The summed E-state index contributed by atoms with van der Waals surface area (Å²) < 4.78 is 0. The summed E-state index contributed by atoms with van der Waals surface area (Å²) in [6.07, 6.45) is 2.62. The van der Waals surface area contributed by atoms with Crippen LogP contribution in [0, 0.1) is 0 Å². The molecule has 0 saturated carbocycles. The van der Waals surface area contributed by atoms with Crippen molar-refractivity contribution < 1.29 is 9.59 Å². The molecule has 1 unspecified atom stereocenters. The first-order valence-corrected chi connectivity index (χ1v) is 11.3. The molecule has 2 aromatic rings. The fraction of sp³-hybridized carbons (Fsp3) is 0.417. The molecule has 0 aliphatic carbocycles. The summed E-state index contributed by atoms with van der Waals surface area (Å²) in [5.74, 6) is 0.291. The highest BCUT2D eigenvalue weighted by atomic mass is 32.2. The van der Waals surface area contributed by atoms with Gasteiger partial charge in [-0.2, -0.15) is 0 Å². The third-order valence-electron chi connectivity index (χ3n) is 5.36. The number of benzene rings is 2. The molecular weight excluding hydrogens is 380 g/mol.